The number of fused-ring (bicyclic) bond motifs is 1. The summed E-state index contributed by atoms with van der Waals surface area (Å²) in [5.74, 6) is -3.63. The topological polar surface area (TPSA) is 290 Å². The fourth-order valence-electron chi connectivity index (χ4n) is 4.86. The molecule has 240 valence electrons. The first kappa shape index (κ1) is 31.7. The summed E-state index contributed by atoms with van der Waals surface area (Å²) < 4.78 is 28.1. The van der Waals surface area contributed by atoms with Crippen molar-refractivity contribution in [3.8, 4) is 51.4 Å². The number of hydrogen-bond acceptors (Lipinski definition) is 17. The SMILES string of the molecule is O=c1cc2oc(-c3cc(O)c(O)c(O)c3)c(OC3OC(CO)C(O)C(O)C3O)cc-2c(OC2OC(CO)C(O)C(O)C2O)c1. The van der Waals surface area contributed by atoms with Crippen molar-refractivity contribution in [1.82, 2.24) is 0 Å². The van der Waals surface area contributed by atoms with Gasteiger partial charge in [0.1, 0.15) is 60.3 Å². The van der Waals surface area contributed by atoms with Gasteiger partial charge in [-0.3, -0.25) is 4.79 Å². The van der Waals surface area contributed by atoms with E-state index in [1.54, 1.807) is 0 Å². The molecule has 0 spiro atoms. The Morgan fingerprint density at radius 1 is 0.636 bits per heavy atom. The molecule has 3 aliphatic heterocycles. The van der Waals surface area contributed by atoms with Gasteiger partial charge in [-0.05, 0) is 18.2 Å². The molecule has 44 heavy (non-hydrogen) atoms. The van der Waals surface area contributed by atoms with Gasteiger partial charge in [-0.15, -0.1) is 0 Å². The number of rotatable bonds is 7. The van der Waals surface area contributed by atoms with E-state index in [2.05, 4.69) is 0 Å². The Morgan fingerprint density at radius 2 is 1.14 bits per heavy atom. The summed E-state index contributed by atoms with van der Waals surface area (Å²) in [7, 11) is 0. The van der Waals surface area contributed by atoms with E-state index >= 15 is 0 Å². The predicted molar refractivity (Wildman–Crippen MR) is 141 cm³/mol. The molecule has 2 saturated heterocycles. The Labute approximate surface area is 246 Å². The third-order valence-corrected chi connectivity index (χ3v) is 7.30. The van der Waals surface area contributed by atoms with Crippen LogP contribution in [-0.4, -0.2) is 131 Å². The van der Waals surface area contributed by atoms with Gasteiger partial charge in [0.2, 0.25) is 12.6 Å². The molecule has 0 saturated carbocycles. The molecule has 4 aliphatic rings. The van der Waals surface area contributed by atoms with E-state index in [0.29, 0.717) is 0 Å². The standard InChI is InChI=1S/C27H30O17/c28-6-16-19(34)21(36)23(38)26(43-16)41-14-4-9(30)3-13-10(14)5-15(25(40-13)8-1-11(31)18(33)12(32)2-8)42-27-24(39)22(37)20(35)17(7-29)44-27/h1-5,16-17,19-24,26-29,31-39H,6-7H2. The summed E-state index contributed by atoms with van der Waals surface area (Å²) in [6.07, 6.45) is -16.9. The zero-order chi connectivity index (χ0) is 32.0. The van der Waals surface area contributed by atoms with E-state index in [0.717, 1.165) is 24.3 Å². The number of benzene rings is 2. The number of aromatic hydroxyl groups is 3. The van der Waals surface area contributed by atoms with Crippen LogP contribution in [0.1, 0.15) is 0 Å². The highest BCUT2D eigenvalue weighted by atomic mass is 16.7. The van der Waals surface area contributed by atoms with Crippen molar-refractivity contribution in [2.75, 3.05) is 13.2 Å². The Balaban J connectivity index is 1.63. The summed E-state index contributed by atoms with van der Waals surface area (Å²) >= 11 is 0. The van der Waals surface area contributed by atoms with E-state index in [4.69, 9.17) is 23.4 Å². The van der Waals surface area contributed by atoms with Crippen LogP contribution in [0.4, 0.5) is 0 Å². The molecule has 1 aliphatic carbocycles. The monoisotopic (exact) mass is 626 g/mol. The van der Waals surface area contributed by atoms with Crippen molar-refractivity contribution in [3.05, 3.63) is 40.6 Å². The normalized spacial score (nSPS) is 32.5. The minimum absolute atomic E-state index is 0.0582. The molecular weight excluding hydrogens is 596 g/mol. The quantitative estimate of drug-likeness (QED) is 0.116. The lowest BCUT2D eigenvalue weighted by molar-refractivity contribution is -0.277. The maximum Gasteiger partial charge on any atom is 0.229 e. The largest absolute Gasteiger partial charge is 0.504 e. The molecule has 5 rings (SSSR count). The van der Waals surface area contributed by atoms with Crippen molar-refractivity contribution in [1.29, 1.82) is 0 Å². The van der Waals surface area contributed by atoms with Crippen LogP contribution in [0.5, 0.6) is 28.7 Å². The average Bonchev–Trinajstić information content (AvgIpc) is 2.99. The predicted octanol–water partition coefficient (Wildman–Crippen LogP) is -3.11. The number of phenols is 3. The number of aliphatic hydroxyl groups is 8. The summed E-state index contributed by atoms with van der Waals surface area (Å²) in [5.41, 5.74) is -0.880. The summed E-state index contributed by atoms with van der Waals surface area (Å²) in [6, 6.07) is 5.07. The zero-order valence-corrected chi connectivity index (χ0v) is 22.4. The summed E-state index contributed by atoms with van der Waals surface area (Å²) in [5, 5.41) is 111. The minimum atomic E-state index is -1.88. The molecule has 0 amide bonds. The highest BCUT2D eigenvalue weighted by Crippen LogP contribution is 2.46. The number of phenolic OH excluding ortho intramolecular Hbond substituents is 3. The smallest absolute Gasteiger partial charge is 0.229 e. The molecule has 3 heterocycles. The van der Waals surface area contributed by atoms with Gasteiger partial charge in [0.15, 0.2) is 34.2 Å². The van der Waals surface area contributed by atoms with Crippen molar-refractivity contribution in [3.63, 3.8) is 0 Å². The fraction of sp³-hybridized carbons (Fsp3) is 0.444. The van der Waals surface area contributed by atoms with E-state index in [-0.39, 0.29) is 34.1 Å². The zero-order valence-electron chi connectivity index (χ0n) is 22.4. The second kappa shape index (κ2) is 12.3. The van der Waals surface area contributed by atoms with Crippen LogP contribution >= 0.6 is 0 Å². The average molecular weight is 627 g/mol. The third kappa shape index (κ3) is 5.73. The van der Waals surface area contributed by atoms with Crippen LogP contribution in [0.15, 0.2) is 39.5 Å². The molecule has 2 fully saturated rings. The van der Waals surface area contributed by atoms with Crippen molar-refractivity contribution < 1.29 is 79.5 Å². The van der Waals surface area contributed by atoms with E-state index < -0.39 is 97.3 Å². The Kier molecular flexibility index (Phi) is 8.87. The molecule has 10 atom stereocenters. The highest BCUT2D eigenvalue weighted by Gasteiger charge is 2.46. The molecule has 0 bridgehead atoms. The lowest BCUT2D eigenvalue weighted by atomic mass is 9.99. The molecule has 1 aromatic rings. The first-order valence-corrected chi connectivity index (χ1v) is 13.2. The molecule has 17 heteroatoms. The Bertz CT molecular complexity index is 1480. The number of aliphatic hydroxyl groups excluding tert-OH is 8. The van der Waals surface area contributed by atoms with Gasteiger partial charge < -0.3 is 79.5 Å². The molecule has 10 unspecified atom stereocenters. The minimum Gasteiger partial charge on any atom is -0.504 e. The van der Waals surface area contributed by atoms with Gasteiger partial charge in [0.05, 0.1) is 18.8 Å². The Morgan fingerprint density at radius 3 is 1.64 bits per heavy atom. The second-order valence-corrected chi connectivity index (χ2v) is 10.3. The fourth-order valence-corrected chi connectivity index (χ4v) is 4.86. The molecule has 1 aromatic carbocycles. The Hall–Kier alpha value is -3.75. The molecule has 17 nitrogen and oxygen atoms in total. The van der Waals surface area contributed by atoms with E-state index in [1.807, 2.05) is 0 Å². The van der Waals surface area contributed by atoms with Crippen molar-refractivity contribution >= 4 is 0 Å². The molecule has 0 aromatic heterocycles. The van der Waals surface area contributed by atoms with E-state index in [1.165, 1.54) is 6.07 Å². The summed E-state index contributed by atoms with van der Waals surface area (Å²) in [4.78, 5) is 12.6. The van der Waals surface area contributed by atoms with Crippen molar-refractivity contribution in [2.24, 2.45) is 0 Å². The molecule has 0 radical (unpaired) electrons. The van der Waals surface area contributed by atoms with Crippen molar-refractivity contribution in [2.45, 2.75) is 61.4 Å². The molecular formula is C27H30O17. The third-order valence-electron chi connectivity index (χ3n) is 7.30. The van der Waals surface area contributed by atoms with Crippen LogP contribution < -0.4 is 14.9 Å². The lowest BCUT2D eigenvalue weighted by Crippen LogP contribution is -2.60. The lowest BCUT2D eigenvalue weighted by Gasteiger charge is -2.40. The maximum absolute atomic E-state index is 12.6. The first-order chi connectivity index (χ1) is 20.8. The van der Waals surface area contributed by atoms with Gasteiger partial charge in [0, 0.05) is 17.7 Å². The molecule has 11 N–H and O–H groups in total. The van der Waals surface area contributed by atoms with Crippen LogP contribution in [0.3, 0.4) is 0 Å². The second-order valence-electron chi connectivity index (χ2n) is 10.3. The van der Waals surface area contributed by atoms with Crippen LogP contribution in [0.25, 0.3) is 22.6 Å². The van der Waals surface area contributed by atoms with Crippen LogP contribution in [0, 0.1) is 0 Å². The highest BCUT2D eigenvalue weighted by molar-refractivity contribution is 5.77. The van der Waals surface area contributed by atoms with E-state index in [9.17, 15) is 61.0 Å². The number of hydrogen-bond donors (Lipinski definition) is 11. The van der Waals surface area contributed by atoms with Gasteiger partial charge in [0.25, 0.3) is 0 Å². The van der Waals surface area contributed by atoms with Gasteiger partial charge >= 0.3 is 0 Å². The first-order valence-electron chi connectivity index (χ1n) is 13.2. The summed E-state index contributed by atoms with van der Waals surface area (Å²) in [6.45, 7) is -1.53. The van der Waals surface area contributed by atoms with Crippen LogP contribution in [-0.2, 0) is 9.47 Å². The van der Waals surface area contributed by atoms with Crippen LogP contribution in [0.2, 0.25) is 0 Å². The van der Waals surface area contributed by atoms with Gasteiger partial charge in [-0.2, -0.15) is 0 Å². The van der Waals surface area contributed by atoms with Gasteiger partial charge in [-0.25, -0.2) is 0 Å². The maximum atomic E-state index is 12.6. The van der Waals surface area contributed by atoms with Gasteiger partial charge in [-0.1, -0.05) is 0 Å². The number of ether oxygens (including phenoxy) is 4.